The maximum absolute atomic E-state index is 12.9. The van der Waals surface area contributed by atoms with Gasteiger partial charge in [0.25, 0.3) is 5.91 Å². The molecule has 9 nitrogen and oxygen atoms in total. The number of carbonyl (C=O) groups excluding carboxylic acids is 1. The Morgan fingerprint density at radius 3 is 2.23 bits per heavy atom. The minimum absolute atomic E-state index is 0.00960. The van der Waals surface area contributed by atoms with Crippen LogP contribution in [0.1, 0.15) is 50.4 Å². The van der Waals surface area contributed by atoms with Crippen molar-refractivity contribution in [3.63, 3.8) is 0 Å². The molecule has 0 saturated heterocycles. The normalized spacial score (nSPS) is 13.1. The van der Waals surface area contributed by atoms with Crippen LogP contribution >= 0.6 is 11.3 Å². The summed E-state index contributed by atoms with van der Waals surface area (Å²) < 4.78 is 53.2. The molecule has 0 spiro atoms. The number of unbranched alkanes of at least 4 members (excludes halogenated alkanes) is 1. The van der Waals surface area contributed by atoms with Gasteiger partial charge in [-0.25, -0.2) is 22.0 Å². The number of hydrogen-bond donors (Lipinski definition) is 1. The molecule has 0 aliphatic heterocycles. The van der Waals surface area contributed by atoms with Gasteiger partial charge in [-0.2, -0.15) is 9.30 Å². The number of aryl methyl sites for hydroxylation is 1. The van der Waals surface area contributed by atoms with Gasteiger partial charge in [0, 0.05) is 25.2 Å². The summed E-state index contributed by atoms with van der Waals surface area (Å²) in [5.74, 6) is -0.518. The van der Waals surface area contributed by atoms with Crippen molar-refractivity contribution < 1.29 is 21.6 Å². The first kappa shape index (κ1) is 27.2. The average Bonchev–Trinajstić information content (AvgIpc) is 3.15. The molecular weight excluding hydrogens is 508 g/mol. The van der Waals surface area contributed by atoms with Gasteiger partial charge in [0.2, 0.25) is 20.0 Å². The molecule has 0 aliphatic rings. The van der Waals surface area contributed by atoms with E-state index in [9.17, 15) is 21.6 Å². The Morgan fingerprint density at radius 1 is 1.00 bits per heavy atom. The van der Waals surface area contributed by atoms with Crippen molar-refractivity contribution in [2.75, 3.05) is 13.1 Å². The van der Waals surface area contributed by atoms with E-state index in [1.807, 2.05) is 18.4 Å². The van der Waals surface area contributed by atoms with E-state index >= 15 is 0 Å². The van der Waals surface area contributed by atoms with Gasteiger partial charge in [-0.3, -0.25) is 4.79 Å². The summed E-state index contributed by atoms with van der Waals surface area (Å²) in [6.07, 6.45) is 2.44. The monoisotopic (exact) mass is 538 g/mol. The summed E-state index contributed by atoms with van der Waals surface area (Å²) in [6, 6.07) is 10.3. The Labute approximate surface area is 210 Å². The summed E-state index contributed by atoms with van der Waals surface area (Å²) in [6.45, 7) is 7.19. The molecule has 0 fully saturated rings. The summed E-state index contributed by atoms with van der Waals surface area (Å²) in [5.41, 5.74) is 1.01. The molecule has 0 aliphatic carbocycles. The van der Waals surface area contributed by atoms with Crippen LogP contribution < -0.4 is 9.94 Å². The maximum atomic E-state index is 12.9. The van der Waals surface area contributed by atoms with Gasteiger partial charge in [-0.05, 0) is 55.3 Å². The number of benzene rings is 2. The lowest BCUT2D eigenvalue weighted by atomic mass is 10.2. The molecule has 1 amide bonds. The van der Waals surface area contributed by atoms with Crippen molar-refractivity contribution in [1.29, 1.82) is 0 Å². The van der Waals surface area contributed by atoms with Gasteiger partial charge >= 0.3 is 0 Å². The molecule has 3 aromatic rings. The standard InChI is InChI=1S/C23H30N4O5S3/c1-4-7-15-26(6-3)35(31,32)18-10-8-17(9-11-18)22(28)25-23-27(14-5-2)20-13-12-19(34(24,29)30)16-21(20)33-23/h8-13,16H,4-7,14-15H2,1-3H3,(H2,24,29,30). The highest BCUT2D eigenvalue weighted by atomic mass is 32.2. The number of nitrogens with zero attached hydrogens (tertiary/aromatic N) is 3. The van der Waals surface area contributed by atoms with Crippen LogP contribution in [0.5, 0.6) is 0 Å². The molecule has 0 bridgehead atoms. The first-order valence-electron chi connectivity index (χ1n) is 11.4. The van der Waals surface area contributed by atoms with Crippen LogP contribution in [0.2, 0.25) is 0 Å². The number of fused-ring (bicyclic) bond motifs is 1. The van der Waals surface area contributed by atoms with E-state index in [2.05, 4.69) is 4.99 Å². The molecule has 0 atom stereocenters. The lowest BCUT2D eigenvalue weighted by molar-refractivity contribution is 0.0997. The van der Waals surface area contributed by atoms with E-state index in [1.54, 1.807) is 13.0 Å². The highest BCUT2D eigenvalue weighted by Gasteiger charge is 2.23. The largest absolute Gasteiger partial charge is 0.316 e. The highest BCUT2D eigenvalue weighted by molar-refractivity contribution is 7.89. The number of aromatic nitrogens is 1. The quantitative estimate of drug-likeness (QED) is 0.423. The smallest absolute Gasteiger partial charge is 0.279 e. The lowest BCUT2D eigenvalue weighted by Gasteiger charge is -2.20. The van der Waals surface area contributed by atoms with Crippen molar-refractivity contribution in [3.05, 3.63) is 52.8 Å². The van der Waals surface area contributed by atoms with Crippen molar-refractivity contribution >= 4 is 47.5 Å². The summed E-state index contributed by atoms with van der Waals surface area (Å²) in [4.78, 5) is 17.7. The molecule has 0 radical (unpaired) electrons. The lowest BCUT2D eigenvalue weighted by Crippen LogP contribution is -2.31. The van der Waals surface area contributed by atoms with Crippen LogP contribution in [-0.4, -0.2) is 44.7 Å². The number of nitrogens with two attached hydrogens (primary N) is 1. The zero-order valence-electron chi connectivity index (χ0n) is 20.0. The SMILES string of the molecule is CCCCN(CC)S(=O)(=O)c1ccc(C(=O)N=c2sc3cc(S(N)(=O)=O)ccc3n2CCC)cc1. The van der Waals surface area contributed by atoms with Crippen LogP contribution in [0.3, 0.4) is 0 Å². The Balaban J connectivity index is 1.97. The van der Waals surface area contributed by atoms with Crippen molar-refractivity contribution in [1.82, 2.24) is 8.87 Å². The molecule has 12 heteroatoms. The van der Waals surface area contributed by atoms with Gasteiger partial charge in [0.1, 0.15) is 0 Å². The van der Waals surface area contributed by atoms with Gasteiger partial charge in [0.05, 0.1) is 20.0 Å². The minimum Gasteiger partial charge on any atom is -0.316 e. The number of sulfonamides is 2. The first-order chi connectivity index (χ1) is 16.5. The Morgan fingerprint density at radius 2 is 1.66 bits per heavy atom. The van der Waals surface area contributed by atoms with Crippen LogP contribution in [0.4, 0.5) is 0 Å². The van der Waals surface area contributed by atoms with Crippen molar-refractivity contribution in [2.45, 2.75) is 56.4 Å². The maximum Gasteiger partial charge on any atom is 0.279 e. The molecule has 1 aromatic heterocycles. The number of carbonyl (C=O) groups is 1. The Hall–Kier alpha value is -2.38. The molecular formula is C23H30N4O5S3. The third kappa shape index (κ3) is 6.07. The molecule has 1 heterocycles. The number of primary sulfonamides is 1. The van der Waals surface area contributed by atoms with Gasteiger partial charge in [-0.15, -0.1) is 0 Å². The molecule has 2 aromatic carbocycles. The summed E-state index contributed by atoms with van der Waals surface area (Å²) in [5, 5.41) is 5.25. The fourth-order valence-corrected chi connectivity index (χ4v) is 6.80. The van der Waals surface area contributed by atoms with Crippen LogP contribution in [0.25, 0.3) is 10.2 Å². The number of hydrogen-bond acceptors (Lipinski definition) is 6. The molecule has 190 valence electrons. The second-order valence-electron chi connectivity index (χ2n) is 8.00. The van der Waals surface area contributed by atoms with E-state index in [-0.39, 0.29) is 15.4 Å². The van der Waals surface area contributed by atoms with Crippen molar-refractivity contribution in [2.24, 2.45) is 10.1 Å². The third-order valence-corrected chi connectivity index (χ3v) is 9.42. The second kappa shape index (κ2) is 11.1. The van der Waals surface area contributed by atoms with Gasteiger partial charge in [0.15, 0.2) is 4.80 Å². The van der Waals surface area contributed by atoms with Gasteiger partial charge in [-0.1, -0.05) is 38.5 Å². The van der Waals surface area contributed by atoms with E-state index in [4.69, 9.17) is 5.14 Å². The summed E-state index contributed by atoms with van der Waals surface area (Å²) >= 11 is 1.19. The first-order valence-corrected chi connectivity index (χ1v) is 15.2. The number of amides is 1. The number of thiazole rings is 1. The number of rotatable bonds is 10. The van der Waals surface area contributed by atoms with Crippen LogP contribution in [0.15, 0.2) is 57.2 Å². The van der Waals surface area contributed by atoms with Crippen molar-refractivity contribution in [3.8, 4) is 0 Å². The van der Waals surface area contributed by atoms with E-state index < -0.39 is 26.0 Å². The second-order valence-corrected chi connectivity index (χ2v) is 12.5. The zero-order valence-corrected chi connectivity index (χ0v) is 22.4. The van der Waals surface area contributed by atoms with Crippen LogP contribution in [-0.2, 0) is 26.6 Å². The zero-order chi connectivity index (χ0) is 25.8. The molecule has 3 rings (SSSR count). The summed E-state index contributed by atoms with van der Waals surface area (Å²) in [7, 11) is -7.50. The molecule has 2 N–H and O–H groups in total. The van der Waals surface area contributed by atoms with Gasteiger partial charge < -0.3 is 4.57 Å². The molecule has 0 unspecified atom stereocenters. The third-order valence-electron chi connectivity index (χ3n) is 5.48. The molecule has 0 saturated carbocycles. The fourth-order valence-electron chi connectivity index (χ4n) is 3.61. The molecule has 35 heavy (non-hydrogen) atoms. The predicted octanol–water partition coefficient (Wildman–Crippen LogP) is 3.31. The topological polar surface area (TPSA) is 132 Å². The average molecular weight is 539 g/mol. The minimum atomic E-state index is -3.86. The van der Waals surface area contributed by atoms with E-state index in [0.29, 0.717) is 29.1 Å². The van der Waals surface area contributed by atoms with Crippen LogP contribution in [0, 0.1) is 0 Å². The highest BCUT2D eigenvalue weighted by Crippen LogP contribution is 2.22. The fraction of sp³-hybridized carbons (Fsp3) is 0.391. The Bertz CT molecular complexity index is 1490. The van der Waals surface area contributed by atoms with E-state index in [1.165, 1.54) is 52.0 Å². The Kier molecular flexibility index (Phi) is 8.65. The van der Waals surface area contributed by atoms with E-state index in [0.717, 1.165) is 24.8 Å². The predicted molar refractivity (Wildman–Crippen MR) is 137 cm³/mol.